The first-order chi connectivity index (χ1) is 9.29. The summed E-state index contributed by atoms with van der Waals surface area (Å²) in [6.45, 7) is 1.71. The maximum Gasteiger partial charge on any atom is 0.374 e. The van der Waals surface area contributed by atoms with Gasteiger partial charge >= 0.3 is 10.4 Å². The SMILES string of the molecule is Cc1onc(Br)c1C(=O)NC1CCN(S(=O)(=O)F)CC1. The highest BCUT2D eigenvalue weighted by Gasteiger charge is 2.29. The molecule has 2 rings (SSSR count). The van der Waals surface area contributed by atoms with Crippen LogP contribution in [-0.2, 0) is 10.4 Å². The molecule has 1 aromatic heterocycles. The number of halogens is 2. The maximum absolute atomic E-state index is 12.8. The van der Waals surface area contributed by atoms with Crippen LogP contribution in [0.5, 0.6) is 0 Å². The third-order valence-corrected chi connectivity index (χ3v) is 4.67. The zero-order valence-corrected chi connectivity index (χ0v) is 13.0. The quantitative estimate of drug-likeness (QED) is 0.806. The van der Waals surface area contributed by atoms with E-state index in [9.17, 15) is 17.1 Å². The van der Waals surface area contributed by atoms with Crippen LogP contribution in [0.2, 0.25) is 0 Å². The largest absolute Gasteiger partial charge is 0.374 e. The number of piperidine rings is 1. The molecule has 0 aliphatic carbocycles. The highest BCUT2D eigenvalue weighted by Crippen LogP contribution is 2.20. The highest BCUT2D eigenvalue weighted by molar-refractivity contribution is 9.10. The Morgan fingerprint density at radius 1 is 1.50 bits per heavy atom. The van der Waals surface area contributed by atoms with Gasteiger partial charge in [-0.05, 0) is 35.7 Å². The number of amides is 1. The molecule has 1 aromatic rings. The van der Waals surface area contributed by atoms with Crippen molar-refractivity contribution in [2.24, 2.45) is 0 Å². The van der Waals surface area contributed by atoms with Crippen molar-refractivity contribution >= 4 is 32.2 Å². The van der Waals surface area contributed by atoms with Gasteiger partial charge in [-0.25, -0.2) is 0 Å². The molecule has 0 saturated carbocycles. The van der Waals surface area contributed by atoms with Gasteiger partial charge in [0.15, 0.2) is 4.60 Å². The van der Waals surface area contributed by atoms with Crippen LogP contribution in [0.3, 0.4) is 0 Å². The van der Waals surface area contributed by atoms with Crippen LogP contribution in [0, 0.1) is 6.92 Å². The first-order valence-corrected chi connectivity index (χ1v) is 8.04. The minimum Gasteiger partial charge on any atom is -0.360 e. The van der Waals surface area contributed by atoms with Gasteiger partial charge in [0, 0.05) is 19.1 Å². The first-order valence-electron chi connectivity index (χ1n) is 5.91. The number of carbonyl (C=O) groups is 1. The number of hydrogen-bond acceptors (Lipinski definition) is 5. The van der Waals surface area contributed by atoms with Crippen molar-refractivity contribution in [3.8, 4) is 0 Å². The lowest BCUT2D eigenvalue weighted by atomic mass is 10.1. The molecule has 1 N–H and O–H groups in total. The fourth-order valence-corrected chi connectivity index (χ4v) is 3.25. The molecule has 1 saturated heterocycles. The van der Waals surface area contributed by atoms with Gasteiger partial charge in [0.2, 0.25) is 0 Å². The Balaban J connectivity index is 1.95. The van der Waals surface area contributed by atoms with Crippen LogP contribution in [0.4, 0.5) is 3.89 Å². The Hall–Kier alpha value is -1.00. The predicted molar refractivity (Wildman–Crippen MR) is 71.0 cm³/mol. The van der Waals surface area contributed by atoms with Gasteiger partial charge < -0.3 is 9.84 Å². The van der Waals surface area contributed by atoms with Crippen molar-refractivity contribution in [2.45, 2.75) is 25.8 Å². The number of aromatic nitrogens is 1. The summed E-state index contributed by atoms with van der Waals surface area (Å²) in [6.07, 6.45) is 0.716. The monoisotopic (exact) mass is 369 g/mol. The molecule has 0 aromatic carbocycles. The van der Waals surface area contributed by atoms with Crippen molar-refractivity contribution in [3.05, 3.63) is 15.9 Å². The van der Waals surface area contributed by atoms with E-state index in [-0.39, 0.29) is 25.0 Å². The lowest BCUT2D eigenvalue weighted by molar-refractivity contribution is 0.0921. The van der Waals surface area contributed by atoms with E-state index < -0.39 is 10.4 Å². The van der Waals surface area contributed by atoms with Gasteiger partial charge in [-0.3, -0.25) is 4.79 Å². The van der Waals surface area contributed by atoms with Crippen molar-refractivity contribution in [2.75, 3.05) is 13.1 Å². The second kappa shape index (κ2) is 5.78. The minimum atomic E-state index is -4.65. The summed E-state index contributed by atoms with van der Waals surface area (Å²) < 4.78 is 40.2. The molecule has 10 heteroatoms. The van der Waals surface area contributed by atoms with Gasteiger partial charge in [0.25, 0.3) is 5.91 Å². The van der Waals surface area contributed by atoms with E-state index in [1.807, 2.05) is 0 Å². The van der Waals surface area contributed by atoms with E-state index in [1.54, 1.807) is 6.92 Å². The van der Waals surface area contributed by atoms with E-state index in [4.69, 9.17) is 4.52 Å². The highest BCUT2D eigenvalue weighted by atomic mass is 79.9. The van der Waals surface area contributed by atoms with Crippen molar-refractivity contribution < 1.29 is 21.6 Å². The molecule has 112 valence electrons. The molecule has 1 aliphatic heterocycles. The fraction of sp³-hybridized carbons (Fsp3) is 0.600. The molecule has 0 atom stereocenters. The van der Waals surface area contributed by atoms with Crippen molar-refractivity contribution in [1.82, 2.24) is 14.8 Å². The Kier molecular flexibility index (Phi) is 4.45. The average Bonchev–Trinajstić information content (AvgIpc) is 2.68. The number of hydrogen-bond donors (Lipinski definition) is 1. The van der Waals surface area contributed by atoms with Gasteiger partial charge in [-0.2, -0.15) is 12.7 Å². The molecule has 0 radical (unpaired) electrons. The molecular weight excluding hydrogens is 357 g/mol. The lowest BCUT2D eigenvalue weighted by Crippen LogP contribution is -2.45. The lowest BCUT2D eigenvalue weighted by Gasteiger charge is -2.29. The summed E-state index contributed by atoms with van der Waals surface area (Å²) in [6, 6.07) is -0.207. The third-order valence-electron chi connectivity index (χ3n) is 3.15. The Labute approximate surface area is 124 Å². The summed E-state index contributed by atoms with van der Waals surface area (Å²) in [7, 11) is -4.65. The predicted octanol–water partition coefficient (Wildman–Crippen LogP) is 1.15. The van der Waals surface area contributed by atoms with Crippen LogP contribution in [0.25, 0.3) is 0 Å². The van der Waals surface area contributed by atoms with Crippen LogP contribution in [0.15, 0.2) is 9.13 Å². The second-order valence-electron chi connectivity index (χ2n) is 4.49. The summed E-state index contributed by atoms with van der Waals surface area (Å²) in [5.41, 5.74) is 0.311. The number of nitrogens with one attached hydrogen (secondary N) is 1. The molecule has 0 bridgehead atoms. The second-order valence-corrected chi connectivity index (χ2v) is 6.59. The molecule has 1 amide bonds. The van der Waals surface area contributed by atoms with E-state index in [0.29, 0.717) is 28.8 Å². The number of carbonyl (C=O) groups excluding carboxylic acids is 1. The summed E-state index contributed by atoms with van der Waals surface area (Å²) >= 11 is 3.12. The summed E-state index contributed by atoms with van der Waals surface area (Å²) in [5.74, 6) is 0.0373. The fourth-order valence-electron chi connectivity index (χ4n) is 2.07. The molecule has 7 nitrogen and oxygen atoms in total. The van der Waals surface area contributed by atoms with Gasteiger partial charge in [-0.15, -0.1) is 0 Å². The van der Waals surface area contributed by atoms with Crippen LogP contribution in [-0.4, -0.2) is 42.9 Å². The standard InChI is InChI=1S/C10H13BrFN3O4S/c1-6-8(9(11)14-19-6)10(16)13-7-2-4-15(5-3-7)20(12,17)18/h7H,2-5H2,1H3,(H,13,16). The van der Waals surface area contributed by atoms with Gasteiger partial charge in [-0.1, -0.05) is 9.04 Å². The molecule has 0 unspecified atom stereocenters. The van der Waals surface area contributed by atoms with E-state index >= 15 is 0 Å². The van der Waals surface area contributed by atoms with E-state index in [0.717, 1.165) is 4.31 Å². The molecular formula is C10H13BrFN3O4S. The molecule has 1 fully saturated rings. The number of rotatable bonds is 3. The van der Waals surface area contributed by atoms with Crippen molar-refractivity contribution in [3.63, 3.8) is 0 Å². The zero-order chi connectivity index (χ0) is 14.9. The maximum atomic E-state index is 12.8. The minimum absolute atomic E-state index is 0.0492. The van der Waals surface area contributed by atoms with Crippen molar-refractivity contribution in [1.29, 1.82) is 0 Å². The zero-order valence-electron chi connectivity index (χ0n) is 10.6. The summed E-state index contributed by atoms with van der Waals surface area (Å²) in [5, 5.41) is 6.38. The summed E-state index contributed by atoms with van der Waals surface area (Å²) in [4.78, 5) is 12.0. The average molecular weight is 370 g/mol. The van der Waals surface area contributed by atoms with Crippen LogP contribution < -0.4 is 5.32 Å². The molecule has 1 aliphatic rings. The topological polar surface area (TPSA) is 92.5 Å². The molecule has 2 heterocycles. The Bertz CT molecular complexity index is 591. The van der Waals surface area contributed by atoms with E-state index in [2.05, 4.69) is 26.4 Å². The third kappa shape index (κ3) is 3.36. The van der Waals surface area contributed by atoms with Gasteiger partial charge in [0.05, 0.1) is 0 Å². The first kappa shape index (κ1) is 15.4. The van der Waals surface area contributed by atoms with Crippen LogP contribution in [0.1, 0.15) is 29.0 Å². The van der Waals surface area contributed by atoms with E-state index in [1.165, 1.54) is 0 Å². The van der Waals surface area contributed by atoms with Gasteiger partial charge in [0.1, 0.15) is 11.3 Å². The number of aryl methyl sites for hydroxylation is 1. The normalized spacial score (nSPS) is 18.1. The smallest absolute Gasteiger partial charge is 0.360 e. The van der Waals surface area contributed by atoms with Crippen LogP contribution >= 0.6 is 15.9 Å². The molecule has 0 spiro atoms. The Morgan fingerprint density at radius 3 is 2.55 bits per heavy atom. The number of nitrogens with zero attached hydrogens (tertiary/aromatic N) is 2. The molecule has 20 heavy (non-hydrogen) atoms. The Morgan fingerprint density at radius 2 is 2.10 bits per heavy atom.